The summed E-state index contributed by atoms with van der Waals surface area (Å²) in [7, 11) is 0. The van der Waals surface area contributed by atoms with Crippen LogP contribution >= 0.6 is 0 Å². The van der Waals surface area contributed by atoms with E-state index >= 15 is 0 Å². The quantitative estimate of drug-likeness (QED) is 0.184. The van der Waals surface area contributed by atoms with Crippen LogP contribution in [-0.2, 0) is 14.3 Å². The third-order valence-corrected chi connectivity index (χ3v) is 4.60. The Morgan fingerprint density at radius 2 is 1.47 bits per heavy atom. The molecule has 174 valence electrons. The third-order valence-electron chi connectivity index (χ3n) is 4.60. The summed E-state index contributed by atoms with van der Waals surface area (Å²) in [5, 5.41) is 0. The molecular weight excluding hydrogens is 446 g/mol. The lowest BCUT2D eigenvalue weighted by atomic mass is 9.99. The van der Waals surface area contributed by atoms with Crippen LogP contribution in [0.5, 0.6) is 5.75 Å². The molecule has 3 aromatic rings. The van der Waals surface area contributed by atoms with Crippen molar-refractivity contribution in [3.8, 4) is 5.75 Å². The molecule has 0 saturated heterocycles. The summed E-state index contributed by atoms with van der Waals surface area (Å²) < 4.78 is 42.4. The monoisotopic (exact) mass is 466 g/mol. The number of carbonyl (C=O) groups is 3. The normalized spacial score (nSPS) is 11.2. The minimum Gasteiger partial charge on any atom is -0.490 e. The van der Waals surface area contributed by atoms with Gasteiger partial charge in [0, 0.05) is 17.2 Å². The van der Waals surface area contributed by atoms with Gasteiger partial charge in [0.2, 0.25) is 5.78 Å². The zero-order chi connectivity index (χ0) is 24.5. The highest BCUT2D eigenvalue weighted by molar-refractivity contribution is 6.02. The Hall–Kier alpha value is -4.33. The summed E-state index contributed by atoms with van der Waals surface area (Å²) in [6.45, 7) is 3.31. The van der Waals surface area contributed by atoms with Gasteiger partial charge in [0.25, 0.3) is 0 Å². The Morgan fingerprint density at radius 1 is 0.853 bits per heavy atom. The topological polar surface area (TPSA) is 78.9 Å². The molecule has 0 aromatic heterocycles. The number of ketones is 1. The first-order chi connectivity index (χ1) is 16.4. The van der Waals surface area contributed by atoms with Gasteiger partial charge in [-0.15, -0.1) is 0 Å². The van der Waals surface area contributed by atoms with Gasteiger partial charge in [-0.25, -0.2) is 18.4 Å². The van der Waals surface area contributed by atoms with Crippen molar-refractivity contribution in [1.82, 2.24) is 0 Å². The van der Waals surface area contributed by atoms with Crippen molar-refractivity contribution in [3.63, 3.8) is 0 Å². The Morgan fingerprint density at radius 3 is 2.09 bits per heavy atom. The van der Waals surface area contributed by atoms with Crippen LogP contribution in [0.1, 0.15) is 32.4 Å². The minimum absolute atomic E-state index is 0.0213. The predicted molar refractivity (Wildman–Crippen MR) is 118 cm³/mol. The van der Waals surface area contributed by atoms with Crippen molar-refractivity contribution >= 4 is 17.7 Å². The summed E-state index contributed by atoms with van der Waals surface area (Å²) in [5.41, 5.74) is 0.473. The van der Waals surface area contributed by atoms with E-state index in [1.54, 1.807) is 18.2 Å². The summed E-state index contributed by atoms with van der Waals surface area (Å²) in [6, 6.07) is 15.7. The standard InChI is InChI=1S/C26H20F2O6/c1-2-23(29)33-15-14-32-22-5-3-4-19(16-22)25(24(30)17-6-10-20(27)11-7-17)34-26(31)18-8-12-21(28)13-9-18/h2-13,16,25H,1,14-15H2. The van der Waals surface area contributed by atoms with Gasteiger partial charge in [0.1, 0.15) is 30.6 Å². The molecule has 3 rings (SSSR count). The molecule has 0 aliphatic heterocycles. The fourth-order valence-electron chi connectivity index (χ4n) is 2.93. The number of halogens is 2. The highest BCUT2D eigenvalue weighted by Gasteiger charge is 2.27. The maximum absolute atomic E-state index is 13.3. The molecule has 0 heterocycles. The van der Waals surface area contributed by atoms with Gasteiger partial charge in [-0.1, -0.05) is 18.7 Å². The molecule has 0 amide bonds. The summed E-state index contributed by atoms with van der Waals surface area (Å²) in [5.74, 6) is -2.74. The number of carbonyl (C=O) groups excluding carboxylic acids is 3. The van der Waals surface area contributed by atoms with Crippen molar-refractivity contribution in [2.45, 2.75) is 6.10 Å². The number of ether oxygens (including phenoxy) is 3. The second kappa shape index (κ2) is 11.5. The number of esters is 2. The van der Waals surface area contributed by atoms with E-state index in [1.807, 2.05) is 0 Å². The summed E-state index contributed by atoms with van der Waals surface area (Å²) in [4.78, 5) is 37.0. The van der Waals surface area contributed by atoms with E-state index in [1.165, 1.54) is 30.3 Å². The van der Waals surface area contributed by atoms with Crippen molar-refractivity contribution in [1.29, 1.82) is 0 Å². The maximum atomic E-state index is 13.3. The molecule has 0 aliphatic rings. The molecule has 3 aromatic carbocycles. The minimum atomic E-state index is -1.38. The summed E-state index contributed by atoms with van der Waals surface area (Å²) >= 11 is 0. The van der Waals surface area contributed by atoms with Crippen molar-refractivity contribution in [3.05, 3.63) is 114 Å². The fraction of sp³-hybridized carbons (Fsp3) is 0.115. The van der Waals surface area contributed by atoms with Crippen molar-refractivity contribution in [2.24, 2.45) is 0 Å². The number of hydrogen-bond acceptors (Lipinski definition) is 6. The van der Waals surface area contributed by atoms with Crippen LogP contribution in [0.4, 0.5) is 8.78 Å². The lowest BCUT2D eigenvalue weighted by molar-refractivity contribution is -0.138. The second-order valence-corrected chi connectivity index (χ2v) is 6.96. The average Bonchev–Trinajstić information content (AvgIpc) is 2.85. The number of hydrogen-bond donors (Lipinski definition) is 0. The molecule has 1 unspecified atom stereocenters. The van der Waals surface area contributed by atoms with Gasteiger partial charge in [-0.2, -0.15) is 0 Å². The van der Waals surface area contributed by atoms with E-state index in [4.69, 9.17) is 14.2 Å². The fourth-order valence-corrected chi connectivity index (χ4v) is 2.93. The Balaban J connectivity index is 1.84. The van der Waals surface area contributed by atoms with E-state index in [-0.39, 0.29) is 24.3 Å². The van der Waals surface area contributed by atoms with Crippen LogP contribution in [0, 0.1) is 11.6 Å². The molecule has 0 spiro atoms. The Labute approximate surface area is 194 Å². The molecular formula is C26H20F2O6. The average molecular weight is 466 g/mol. The van der Waals surface area contributed by atoms with Crippen LogP contribution < -0.4 is 4.74 Å². The molecule has 0 bridgehead atoms. The Bertz CT molecular complexity index is 1170. The molecule has 0 radical (unpaired) electrons. The lowest BCUT2D eigenvalue weighted by Crippen LogP contribution is -2.20. The zero-order valence-corrected chi connectivity index (χ0v) is 17.9. The third kappa shape index (κ3) is 6.59. The van der Waals surface area contributed by atoms with Gasteiger partial charge in [-0.3, -0.25) is 4.79 Å². The van der Waals surface area contributed by atoms with E-state index in [0.717, 1.165) is 30.3 Å². The molecule has 0 aliphatic carbocycles. The van der Waals surface area contributed by atoms with Crippen LogP contribution in [-0.4, -0.2) is 30.9 Å². The first kappa shape index (κ1) is 24.3. The van der Waals surface area contributed by atoms with Crippen molar-refractivity contribution < 1.29 is 37.4 Å². The SMILES string of the molecule is C=CC(=O)OCCOc1cccc(C(OC(=O)c2ccc(F)cc2)C(=O)c2ccc(F)cc2)c1. The van der Waals surface area contributed by atoms with Crippen molar-refractivity contribution in [2.75, 3.05) is 13.2 Å². The molecule has 0 N–H and O–H groups in total. The van der Waals surface area contributed by atoms with Crippen LogP contribution in [0.2, 0.25) is 0 Å². The molecule has 6 nitrogen and oxygen atoms in total. The van der Waals surface area contributed by atoms with Crippen LogP contribution in [0.15, 0.2) is 85.5 Å². The van der Waals surface area contributed by atoms with Gasteiger partial charge in [0.05, 0.1) is 5.56 Å². The van der Waals surface area contributed by atoms with Crippen LogP contribution in [0.25, 0.3) is 0 Å². The number of benzene rings is 3. The predicted octanol–water partition coefficient (Wildman–Crippen LogP) is 4.85. The highest BCUT2D eigenvalue weighted by Crippen LogP contribution is 2.27. The van der Waals surface area contributed by atoms with E-state index in [0.29, 0.717) is 11.3 Å². The molecule has 34 heavy (non-hydrogen) atoms. The first-order valence-electron chi connectivity index (χ1n) is 10.2. The second-order valence-electron chi connectivity index (χ2n) is 6.96. The van der Waals surface area contributed by atoms with Gasteiger partial charge in [0.15, 0.2) is 6.10 Å². The lowest BCUT2D eigenvalue weighted by Gasteiger charge is -2.18. The zero-order valence-electron chi connectivity index (χ0n) is 17.9. The van der Waals surface area contributed by atoms with E-state index < -0.39 is 35.5 Å². The molecule has 8 heteroatoms. The molecule has 0 saturated carbocycles. The smallest absolute Gasteiger partial charge is 0.339 e. The van der Waals surface area contributed by atoms with E-state index in [9.17, 15) is 23.2 Å². The summed E-state index contributed by atoms with van der Waals surface area (Å²) in [6.07, 6.45) is -0.355. The number of Topliss-reactive ketones (excluding diaryl/α,β-unsaturated/α-hetero) is 1. The molecule has 0 fully saturated rings. The highest BCUT2D eigenvalue weighted by atomic mass is 19.1. The van der Waals surface area contributed by atoms with Crippen LogP contribution in [0.3, 0.4) is 0 Å². The maximum Gasteiger partial charge on any atom is 0.339 e. The van der Waals surface area contributed by atoms with Gasteiger partial charge >= 0.3 is 11.9 Å². The van der Waals surface area contributed by atoms with Gasteiger partial charge in [-0.05, 0) is 60.7 Å². The van der Waals surface area contributed by atoms with E-state index in [2.05, 4.69) is 6.58 Å². The first-order valence-corrected chi connectivity index (χ1v) is 10.2. The largest absolute Gasteiger partial charge is 0.490 e. The van der Waals surface area contributed by atoms with Gasteiger partial charge < -0.3 is 14.2 Å². The Kier molecular flexibility index (Phi) is 8.23. The number of rotatable bonds is 10. The molecule has 1 atom stereocenters.